The van der Waals surface area contributed by atoms with Gasteiger partial charge in [0.2, 0.25) is 0 Å². The molecule has 0 N–H and O–H groups in total. The van der Waals surface area contributed by atoms with Gasteiger partial charge in [0.25, 0.3) is 11.4 Å². The van der Waals surface area contributed by atoms with E-state index in [-0.39, 0.29) is 22.3 Å². The van der Waals surface area contributed by atoms with Crippen LogP contribution < -0.4 is 0 Å². The second kappa shape index (κ2) is 4.67. The van der Waals surface area contributed by atoms with E-state index in [9.17, 15) is 25.4 Å². The summed E-state index contributed by atoms with van der Waals surface area (Å²) in [5.74, 6) is 0. The van der Waals surface area contributed by atoms with Crippen molar-refractivity contribution in [2.24, 2.45) is 0 Å². The molecule has 0 aliphatic heterocycles. The topological polar surface area (TPSA) is 114 Å². The Morgan fingerprint density at radius 1 is 0.944 bits per heavy atom. The molecule has 0 saturated carbocycles. The van der Waals surface area contributed by atoms with Crippen molar-refractivity contribution in [3.8, 4) is 6.07 Å². The first kappa shape index (κ1) is 13.4. The van der Waals surface area contributed by atoms with E-state index in [0.29, 0.717) is 0 Å². The molecule has 0 aliphatic carbocycles. The Bertz CT molecular complexity index is 571. The summed E-state index contributed by atoms with van der Waals surface area (Å²) < 4.78 is 0. The number of rotatable bonds is 2. The van der Waals surface area contributed by atoms with Gasteiger partial charge in [-0.15, -0.1) is 0 Å². The zero-order chi connectivity index (χ0) is 14.0. The van der Waals surface area contributed by atoms with Gasteiger partial charge in [0.05, 0.1) is 9.85 Å². The van der Waals surface area contributed by atoms with Crippen molar-refractivity contribution < 1.29 is 9.85 Å². The lowest BCUT2D eigenvalue weighted by Gasteiger charge is -2.06. The van der Waals surface area contributed by atoms with Crippen LogP contribution in [0.2, 0.25) is 0 Å². The third kappa shape index (κ3) is 1.93. The van der Waals surface area contributed by atoms with Gasteiger partial charge in [0, 0.05) is 16.1 Å². The van der Waals surface area contributed by atoms with E-state index >= 15 is 0 Å². The molecule has 1 aromatic carbocycles. The van der Waals surface area contributed by atoms with Crippen LogP contribution in [0.15, 0.2) is 0 Å². The van der Waals surface area contributed by atoms with Crippen molar-refractivity contribution >= 4 is 11.4 Å². The Balaban J connectivity index is 3.91. The lowest BCUT2D eigenvalue weighted by molar-refractivity contribution is -0.396. The minimum absolute atomic E-state index is 0.00556. The second-order valence-corrected chi connectivity index (χ2v) is 3.66. The van der Waals surface area contributed by atoms with Crippen molar-refractivity contribution in [3.05, 3.63) is 52.7 Å². The third-order valence-electron chi connectivity index (χ3n) is 2.69. The molecule has 0 atom stereocenters. The van der Waals surface area contributed by atoms with Gasteiger partial charge in [-0.3, -0.25) is 20.2 Å². The molecule has 0 saturated heterocycles. The van der Waals surface area contributed by atoms with Gasteiger partial charge in [-0.2, -0.15) is 0 Å². The van der Waals surface area contributed by atoms with Gasteiger partial charge in [0.1, 0.15) is 11.1 Å². The molecule has 1 rings (SSSR count). The van der Waals surface area contributed by atoms with Gasteiger partial charge in [-0.25, -0.2) is 0 Å². The average Bonchev–Trinajstić information content (AvgIpc) is 2.23. The van der Waals surface area contributed by atoms with Crippen molar-refractivity contribution in [2.45, 2.75) is 20.8 Å². The molecule has 0 aromatic heterocycles. The van der Waals surface area contributed by atoms with Gasteiger partial charge < -0.3 is 5.21 Å². The van der Waals surface area contributed by atoms with E-state index in [1.807, 2.05) is 6.07 Å². The molecule has 0 amide bonds. The standard InChI is InChI=1S/C10H9N3O5/c1-5-8(4-11-14)6(2)10(13(17)18)7(3)9(5)12(15)16/h1-3H3. The van der Waals surface area contributed by atoms with E-state index < -0.39 is 21.2 Å². The molecule has 0 heterocycles. The highest BCUT2D eigenvalue weighted by Gasteiger charge is 2.31. The van der Waals surface area contributed by atoms with Gasteiger partial charge in [-0.05, 0) is 20.8 Å². The lowest BCUT2D eigenvalue weighted by atomic mass is 9.96. The number of nitro groups is 2. The molecule has 0 spiro atoms. The number of nitrogens with zero attached hydrogens (tertiary/aromatic N) is 3. The highest BCUT2D eigenvalue weighted by atomic mass is 16.6. The van der Waals surface area contributed by atoms with Crippen LogP contribution in [0.3, 0.4) is 0 Å². The fourth-order valence-electron chi connectivity index (χ4n) is 1.95. The van der Waals surface area contributed by atoms with Crippen LogP contribution >= 0.6 is 0 Å². The van der Waals surface area contributed by atoms with E-state index in [0.717, 1.165) is 0 Å². The first-order valence-electron chi connectivity index (χ1n) is 4.83. The molecule has 0 fully saturated rings. The van der Waals surface area contributed by atoms with Gasteiger partial charge >= 0.3 is 6.07 Å². The largest absolute Gasteiger partial charge is 0.498 e. The molecule has 8 nitrogen and oxygen atoms in total. The predicted octanol–water partition coefficient (Wildman–Crippen LogP) is 2.61. The smallest absolute Gasteiger partial charge is 0.337 e. The Morgan fingerprint density at radius 2 is 1.33 bits per heavy atom. The Morgan fingerprint density at radius 3 is 1.61 bits per heavy atom. The molecule has 0 aliphatic rings. The van der Waals surface area contributed by atoms with Gasteiger partial charge in [-0.1, -0.05) is 0 Å². The fraction of sp³-hybridized carbons (Fsp3) is 0.300. The summed E-state index contributed by atoms with van der Waals surface area (Å²) in [5.41, 5.74) is -0.553. The summed E-state index contributed by atoms with van der Waals surface area (Å²) in [7, 11) is 0. The van der Waals surface area contributed by atoms with Crippen molar-refractivity contribution in [2.75, 3.05) is 0 Å². The van der Waals surface area contributed by atoms with Crippen LogP contribution in [0.4, 0.5) is 11.4 Å². The molecule has 94 valence electrons. The Kier molecular flexibility index (Phi) is 3.47. The quantitative estimate of drug-likeness (QED) is 0.591. The number of nitro benzene ring substituents is 2. The van der Waals surface area contributed by atoms with Crippen LogP contribution in [0.5, 0.6) is 0 Å². The highest BCUT2D eigenvalue weighted by molar-refractivity contribution is 5.68. The van der Waals surface area contributed by atoms with E-state index in [1.165, 1.54) is 20.8 Å². The van der Waals surface area contributed by atoms with Crippen molar-refractivity contribution in [1.82, 2.24) is 0 Å². The van der Waals surface area contributed by atoms with E-state index in [1.54, 1.807) is 0 Å². The Hall–Kier alpha value is -2.69. The minimum Gasteiger partial charge on any atom is -0.498 e. The molecule has 0 unspecified atom stereocenters. The van der Waals surface area contributed by atoms with Gasteiger partial charge in [0.15, 0.2) is 0 Å². The molecular formula is C10H9N3O5. The summed E-state index contributed by atoms with van der Waals surface area (Å²) >= 11 is 0. The normalized spacial score (nSPS) is 9.50. The molecule has 8 heteroatoms. The minimum atomic E-state index is -0.715. The summed E-state index contributed by atoms with van der Waals surface area (Å²) in [6.07, 6.45) is 0. The number of hydrogen-bond donors (Lipinski definition) is 0. The molecule has 1 aromatic rings. The van der Waals surface area contributed by atoms with Crippen molar-refractivity contribution in [1.29, 1.82) is 0 Å². The molecular weight excluding hydrogens is 242 g/mol. The fourth-order valence-corrected chi connectivity index (χ4v) is 1.95. The molecule has 0 radical (unpaired) electrons. The monoisotopic (exact) mass is 251 g/mol. The zero-order valence-electron chi connectivity index (χ0n) is 9.88. The number of hydrogen-bond acceptors (Lipinski definition) is 5. The lowest BCUT2D eigenvalue weighted by Crippen LogP contribution is -2.05. The van der Waals surface area contributed by atoms with E-state index in [4.69, 9.17) is 0 Å². The molecule has 18 heavy (non-hydrogen) atoms. The summed E-state index contributed by atoms with van der Waals surface area (Å²) in [4.78, 5) is 20.4. The maximum atomic E-state index is 10.9. The average molecular weight is 251 g/mol. The Labute approximate surface area is 102 Å². The summed E-state index contributed by atoms with van der Waals surface area (Å²) in [6.45, 7) is 4.10. The SMILES string of the molecule is Cc1c(C#[N+][O-])c(C)c([N+](=O)[O-])c(C)c1[N+](=O)[O-]. The third-order valence-corrected chi connectivity index (χ3v) is 2.69. The van der Waals surface area contributed by atoms with Crippen LogP contribution in [0.25, 0.3) is 5.01 Å². The maximum Gasteiger partial charge on any atom is 0.337 e. The number of benzene rings is 1. The summed E-state index contributed by atoms with van der Waals surface area (Å²) in [5, 5.41) is 34.5. The first-order chi connectivity index (χ1) is 8.32. The highest BCUT2D eigenvalue weighted by Crippen LogP contribution is 2.36. The zero-order valence-corrected chi connectivity index (χ0v) is 9.88. The maximum absolute atomic E-state index is 10.9. The van der Waals surface area contributed by atoms with Crippen LogP contribution in [-0.2, 0) is 0 Å². The van der Waals surface area contributed by atoms with Crippen molar-refractivity contribution in [3.63, 3.8) is 0 Å². The second-order valence-electron chi connectivity index (χ2n) is 3.66. The van der Waals surface area contributed by atoms with Crippen LogP contribution in [0.1, 0.15) is 22.3 Å². The summed E-state index contributed by atoms with van der Waals surface area (Å²) in [6, 6.07) is 2.02. The van der Waals surface area contributed by atoms with E-state index in [2.05, 4.69) is 5.01 Å². The predicted molar refractivity (Wildman–Crippen MR) is 63.7 cm³/mol. The van der Waals surface area contributed by atoms with Crippen LogP contribution in [0, 0.1) is 52.3 Å². The van der Waals surface area contributed by atoms with Crippen LogP contribution in [-0.4, -0.2) is 9.85 Å². The first-order valence-corrected chi connectivity index (χ1v) is 4.83. The molecule has 0 bridgehead atoms.